The van der Waals surface area contributed by atoms with Crippen molar-refractivity contribution in [2.45, 2.75) is 52.5 Å². The molecule has 0 saturated heterocycles. The average molecular weight is 384 g/mol. The molecule has 1 atom stereocenters. The van der Waals surface area contributed by atoms with Crippen LogP contribution in [0.15, 0.2) is 34.4 Å². The molecular formula is C21H25N3O2S. The van der Waals surface area contributed by atoms with Crippen molar-refractivity contribution in [1.29, 1.82) is 0 Å². The molecule has 1 unspecified atom stereocenters. The number of hydrogen-bond donors (Lipinski definition) is 1. The molecule has 142 valence electrons. The van der Waals surface area contributed by atoms with Crippen molar-refractivity contribution in [2.75, 3.05) is 0 Å². The molecule has 0 bridgehead atoms. The lowest BCUT2D eigenvalue weighted by atomic mass is 9.99. The van der Waals surface area contributed by atoms with Crippen LogP contribution in [-0.2, 0) is 11.2 Å². The van der Waals surface area contributed by atoms with Gasteiger partial charge in [0.1, 0.15) is 16.7 Å². The maximum atomic E-state index is 13.3. The van der Waals surface area contributed by atoms with E-state index >= 15 is 0 Å². The van der Waals surface area contributed by atoms with Gasteiger partial charge in [-0.1, -0.05) is 45.0 Å². The molecule has 0 saturated carbocycles. The fourth-order valence-corrected chi connectivity index (χ4v) is 4.19. The molecule has 0 aliphatic carbocycles. The number of thiophene rings is 1. The van der Waals surface area contributed by atoms with Gasteiger partial charge in [-0.05, 0) is 30.4 Å². The third kappa shape index (κ3) is 3.54. The number of benzene rings is 1. The summed E-state index contributed by atoms with van der Waals surface area (Å²) < 4.78 is 1.47. The second kappa shape index (κ2) is 7.64. The standard InChI is InChI=1S/C21H25N3O2S/c1-5-6-17-23-20-18(21(26)24(17)13(4)19(22)25)16(11-27-20)15-9-7-14(8-10-15)12(2)3/h7-13H,5-6H2,1-4H3,(H2,22,25). The number of rotatable bonds is 6. The van der Waals surface area contributed by atoms with Gasteiger partial charge in [0.25, 0.3) is 5.56 Å². The van der Waals surface area contributed by atoms with Crippen LogP contribution in [0.3, 0.4) is 0 Å². The van der Waals surface area contributed by atoms with E-state index in [1.54, 1.807) is 6.92 Å². The van der Waals surface area contributed by atoms with Crippen molar-refractivity contribution in [1.82, 2.24) is 9.55 Å². The number of nitrogens with two attached hydrogens (primary N) is 1. The lowest BCUT2D eigenvalue weighted by Crippen LogP contribution is -2.35. The van der Waals surface area contributed by atoms with Crippen molar-refractivity contribution in [3.8, 4) is 11.1 Å². The highest BCUT2D eigenvalue weighted by Crippen LogP contribution is 2.32. The molecule has 1 aromatic carbocycles. The van der Waals surface area contributed by atoms with Crippen molar-refractivity contribution in [2.24, 2.45) is 5.73 Å². The molecule has 0 fully saturated rings. The van der Waals surface area contributed by atoms with Crippen molar-refractivity contribution < 1.29 is 4.79 Å². The number of carbonyl (C=O) groups is 1. The van der Waals surface area contributed by atoms with Crippen LogP contribution in [0.5, 0.6) is 0 Å². The summed E-state index contributed by atoms with van der Waals surface area (Å²) in [5, 5.41) is 2.53. The van der Waals surface area contributed by atoms with Crippen LogP contribution in [0.2, 0.25) is 0 Å². The zero-order chi connectivity index (χ0) is 19.7. The fourth-order valence-electron chi connectivity index (χ4n) is 3.23. The molecule has 2 aromatic heterocycles. The number of amides is 1. The van der Waals surface area contributed by atoms with Gasteiger partial charge < -0.3 is 5.73 Å². The van der Waals surface area contributed by atoms with Crippen LogP contribution >= 0.6 is 11.3 Å². The molecule has 5 nitrogen and oxygen atoms in total. The maximum Gasteiger partial charge on any atom is 0.263 e. The first-order valence-electron chi connectivity index (χ1n) is 9.27. The van der Waals surface area contributed by atoms with E-state index in [9.17, 15) is 9.59 Å². The average Bonchev–Trinajstić information content (AvgIpc) is 3.06. The second-order valence-corrected chi connectivity index (χ2v) is 8.00. The van der Waals surface area contributed by atoms with Gasteiger partial charge in [-0.2, -0.15) is 0 Å². The fraction of sp³-hybridized carbons (Fsp3) is 0.381. The smallest absolute Gasteiger partial charge is 0.263 e. The highest BCUT2D eigenvalue weighted by molar-refractivity contribution is 7.17. The summed E-state index contributed by atoms with van der Waals surface area (Å²) in [5.41, 5.74) is 8.38. The lowest BCUT2D eigenvalue weighted by molar-refractivity contribution is -0.120. The Kier molecular flexibility index (Phi) is 5.46. The SMILES string of the molecule is CCCc1nc2scc(-c3ccc(C(C)C)cc3)c2c(=O)n1C(C)C(N)=O. The first kappa shape index (κ1) is 19.3. The Balaban J connectivity index is 2.23. The highest BCUT2D eigenvalue weighted by atomic mass is 32.1. The summed E-state index contributed by atoms with van der Waals surface area (Å²) in [4.78, 5) is 30.5. The van der Waals surface area contributed by atoms with Crippen LogP contribution in [0.1, 0.15) is 57.5 Å². The molecule has 27 heavy (non-hydrogen) atoms. The van der Waals surface area contributed by atoms with Gasteiger partial charge in [0.15, 0.2) is 0 Å². The predicted molar refractivity (Wildman–Crippen MR) is 111 cm³/mol. The van der Waals surface area contributed by atoms with Crippen LogP contribution in [0.25, 0.3) is 21.3 Å². The molecule has 0 aliphatic heterocycles. The predicted octanol–water partition coefficient (Wildman–Crippen LogP) is 4.25. The van der Waals surface area contributed by atoms with E-state index < -0.39 is 11.9 Å². The summed E-state index contributed by atoms with van der Waals surface area (Å²) in [7, 11) is 0. The Morgan fingerprint density at radius 1 is 1.22 bits per heavy atom. The van der Waals surface area contributed by atoms with Gasteiger partial charge in [-0.15, -0.1) is 11.3 Å². The minimum Gasteiger partial charge on any atom is -0.368 e. The highest BCUT2D eigenvalue weighted by Gasteiger charge is 2.22. The van der Waals surface area contributed by atoms with Gasteiger partial charge in [0, 0.05) is 17.4 Å². The summed E-state index contributed by atoms with van der Waals surface area (Å²) in [6.07, 6.45) is 1.46. The molecule has 3 rings (SSSR count). The molecule has 6 heteroatoms. The lowest BCUT2D eigenvalue weighted by Gasteiger charge is -2.16. The Morgan fingerprint density at radius 2 is 1.89 bits per heavy atom. The largest absolute Gasteiger partial charge is 0.368 e. The molecule has 0 spiro atoms. The third-order valence-electron chi connectivity index (χ3n) is 4.87. The van der Waals surface area contributed by atoms with Gasteiger partial charge in [-0.25, -0.2) is 4.98 Å². The van der Waals surface area contributed by atoms with E-state index in [-0.39, 0.29) is 5.56 Å². The van der Waals surface area contributed by atoms with E-state index in [2.05, 4.69) is 26.0 Å². The molecule has 2 N–H and O–H groups in total. The Labute approximate surface area is 162 Å². The molecule has 3 aromatic rings. The summed E-state index contributed by atoms with van der Waals surface area (Å²) >= 11 is 1.46. The molecule has 2 heterocycles. The van der Waals surface area contributed by atoms with Crippen LogP contribution in [-0.4, -0.2) is 15.5 Å². The Bertz CT molecular complexity index is 1030. The molecule has 0 aliphatic rings. The first-order valence-corrected chi connectivity index (χ1v) is 10.1. The number of nitrogens with zero attached hydrogens (tertiary/aromatic N) is 2. The topological polar surface area (TPSA) is 78.0 Å². The van der Waals surface area contributed by atoms with Gasteiger partial charge in [0.2, 0.25) is 5.91 Å². The number of primary amides is 1. The summed E-state index contributed by atoms with van der Waals surface area (Å²) in [6.45, 7) is 7.97. The zero-order valence-corrected chi connectivity index (χ0v) is 17.0. The summed E-state index contributed by atoms with van der Waals surface area (Å²) in [5.74, 6) is 0.531. The van der Waals surface area contributed by atoms with Crippen LogP contribution in [0.4, 0.5) is 0 Å². The third-order valence-corrected chi connectivity index (χ3v) is 5.75. The van der Waals surface area contributed by atoms with Crippen molar-refractivity contribution >= 4 is 27.5 Å². The first-order chi connectivity index (χ1) is 12.8. The number of carbonyl (C=O) groups excluding carboxylic acids is 1. The van der Waals surface area contributed by atoms with Crippen molar-refractivity contribution in [3.05, 3.63) is 51.4 Å². The minimum absolute atomic E-state index is 0.195. The number of hydrogen-bond acceptors (Lipinski definition) is 4. The zero-order valence-electron chi connectivity index (χ0n) is 16.2. The maximum absolute atomic E-state index is 13.3. The van der Waals surface area contributed by atoms with E-state index in [1.165, 1.54) is 21.5 Å². The Hall–Kier alpha value is -2.47. The number of aromatic nitrogens is 2. The number of aryl methyl sites for hydroxylation is 1. The van der Waals surface area contributed by atoms with Gasteiger partial charge in [0.05, 0.1) is 5.39 Å². The van der Waals surface area contributed by atoms with E-state index in [0.29, 0.717) is 28.4 Å². The van der Waals surface area contributed by atoms with E-state index in [4.69, 9.17) is 10.7 Å². The molecule has 1 amide bonds. The van der Waals surface area contributed by atoms with Crippen LogP contribution < -0.4 is 11.3 Å². The monoisotopic (exact) mass is 383 g/mol. The van der Waals surface area contributed by atoms with Gasteiger partial charge in [-0.3, -0.25) is 14.2 Å². The van der Waals surface area contributed by atoms with E-state index in [0.717, 1.165) is 17.5 Å². The van der Waals surface area contributed by atoms with E-state index in [1.807, 2.05) is 24.4 Å². The summed E-state index contributed by atoms with van der Waals surface area (Å²) in [6, 6.07) is 7.53. The number of fused-ring (bicyclic) bond motifs is 1. The van der Waals surface area contributed by atoms with Gasteiger partial charge >= 0.3 is 0 Å². The Morgan fingerprint density at radius 3 is 2.44 bits per heavy atom. The second-order valence-electron chi connectivity index (χ2n) is 7.14. The molecule has 0 radical (unpaired) electrons. The van der Waals surface area contributed by atoms with Crippen molar-refractivity contribution in [3.63, 3.8) is 0 Å². The quantitative estimate of drug-likeness (QED) is 0.691. The molecular weight excluding hydrogens is 358 g/mol. The van der Waals surface area contributed by atoms with Crippen LogP contribution in [0, 0.1) is 0 Å². The normalized spacial score (nSPS) is 12.6. The minimum atomic E-state index is -0.730.